The van der Waals surface area contributed by atoms with Crippen molar-refractivity contribution in [2.24, 2.45) is 11.3 Å². The van der Waals surface area contributed by atoms with Gasteiger partial charge >= 0.3 is 0 Å². The molecule has 0 radical (unpaired) electrons. The summed E-state index contributed by atoms with van der Waals surface area (Å²) in [6, 6.07) is 5.45. The maximum atomic E-state index is 13.1. The molecule has 3 heteroatoms. The number of benzene rings is 1. The van der Waals surface area contributed by atoms with Crippen molar-refractivity contribution < 1.29 is 4.39 Å². The summed E-state index contributed by atoms with van der Waals surface area (Å²) in [4.78, 5) is 0. The van der Waals surface area contributed by atoms with Gasteiger partial charge in [0.2, 0.25) is 0 Å². The first-order valence-corrected chi connectivity index (χ1v) is 7.66. The van der Waals surface area contributed by atoms with Gasteiger partial charge < -0.3 is 5.32 Å². The van der Waals surface area contributed by atoms with Crippen LogP contribution in [0.2, 0.25) is 0 Å². The molecule has 0 aromatic heterocycles. The highest BCUT2D eigenvalue weighted by atomic mass is 79.9. The number of hydrogen-bond acceptors (Lipinski definition) is 1. The average molecular weight is 330 g/mol. The minimum Gasteiger partial charge on any atom is -0.314 e. The standard InChI is InChI=1S/C16H25BrFN/c1-11(2)19-10-13(16(3,4)5)8-12-6-7-14(18)9-15(12)17/h6-7,9,11,13,19H,8,10H2,1-5H3. The summed E-state index contributed by atoms with van der Waals surface area (Å²) >= 11 is 3.46. The Balaban J connectivity index is 2.82. The van der Waals surface area contributed by atoms with Crippen LogP contribution in [-0.2, 0) is 6.42 Å². The smallest absolute Gasteiger partial charge is 0.124 e. The highest BCUT2D eigenvalue weighted by Crippen LogP contribution is 2.31. The van der Waals surface area contributed by atoms with Crippen molar-refractivity contribution in [3.8, 4) is 0 Å². The molecule has 0 fully saturated rings. The van der Waals surface area contributed by atoms with Gasteiger partial charge in [0.1, 0.15) is 5.82 Å². The minimum absolute atomic E-state index is 0.191. The lowest BCUT2D eigenvalue weighted by Crippen LogP contribution is -2.36. The normalized spacial score (nSPS) is 13.9. The molecule has 1 aromatic carbocycles. The van der Waals surface area contributed by atoms with Gasteiger partial charge in [-0.2, -0.15) is 0 Å². The third-order valence-electron chi connectivity index (χ3n) is 3.48. The van der Waals surface area contributed by atoms with E-state index in [4.69, 9.17) is 0 Å². The first-order valence-electron chi connectivity index (χ1n) is 6.87. The Bertz CT molecular complexity index is 410. The molecule has 1 rings (SSSR count). The van der Waals surface area contributed by atoms with Crippen LogP contribution in [0.3, 0.4) is 0 Å². The number of hydrogen-bond donors (Lipinski definition) is 1. The van der Waals surface area contributed by atoms with E-state index in [9.17, 15) is 4.39 Å². The lowest BCUT2D eigenvalue weighted by Gasteiger charge is -2.32. The zero-order valence-corrected chi connectivity index (χ0v) is 14.1. The Morgan fingerprint density at radius 1 is 1.26 bits per heavy atom. The van der Waals surface area contributed by atoms with Crippen LogP contribution in [0, 0.1) is 17.2 Å². The van der Waals surface area contributed by atoms with Crippen LogP contribution in [0.4, 0.5) is 4.39 Å². The SMILES string of the molecule is CC(C)NCC(Cc1ccc(F)cc1Br)C(C)(C)C. The molecular weight excluding hydrogens is 305 g/mol. The summed E-state index contributed by atoms with van der Waals surface area (Å²) < 4.78 is 14.0. The molecule has 0 amide bonds. The molecule has 0 bridgehead atoms. The van der Waals surface area contributed by atoms with Gasteiger partial charge in [0.25, 0.3) is 0 Å². The Hall–Kier alpha value is -0.410. The van der Waals surface area contributed by atoms with Gasteiger partial charge in [-0.25, -0.2) is 4.39 Å². The van der Waals surface area contributed by atoms with E-state index >= 15 is 0 Å². The highest BCUT2D eigenvalue weighted by Gasteiger charge is 2.25. The van der Waals surface area contributed by atoms with Gasteiger partial charge in [-0.05, 0) is 42.0 Å². The molecule has 0 spiro atoms. The second-order valence-electron chi connectivity index (χ2n) is 6.57. The van der Waals surface area contributed by atoms with E-state index in [2.05, 4.69) is 55.9 Å². The fraction of sp³-hybridized carbons (Fsp3) is 0.625. The Morgan fingerprint density at radius 2 is 1.89 bits per heavy atom. The second kappa shape index (κ2) is 6.85. The van der Waals surface area contributed by atoms with E-state index in [0.717, 1.165) is 17.4 Å². The number of nitrogens with one attached hydrogen (secondary N) is 1. The van der Waals surface area contributed by atoms with Crippen molar-refractivity contribution >= 4 is 15.9 Å². The molecule has 1 N–H and O–H groups in total. The molecule has 1 atom stereocenters. The molecule has 0 aliphatic heterocycles. The molecule has 1 aromatic rings. The zero-order valence-electron chi connectivity index (χ0n) is 12.6. The molecule has 0 saturated heterocycles. The lowest BCUT2D eigenvalue weighted by atomic mass is 9.77. The van der Waals surface area contributed by atoms with Crippen LogP contribution in [0.25, 0.3) is 0 Å². The average Bonchev–Trinajstić information content (AvgIpc) is 2.24. The van der Waals surface area contributed by atoms with Crippen LogP contribution < -0.4 is 5.32 Å². The van der Waals surface area contributed by atoms with Crippen molar-refractivity contribution in [1.29, 1.82) is 0 Å². The Labute approximate surface area is 125 Å². The molecule has 0 heterocycles. The number of halogens is 2. The molecule has 19 heavy (non-hydrogen) atoms. The summed E-state index contributed by atoms with van der Waals surface area (Å²) in [6.45, 7) is 12.1. The topological polar surface area (TPSA) is 12.0 Å². The van der Waals surface area contributed by atoms with Crippen molar-refractivity contribution in [2.45, 2.75) is 47.1 Å². The summed E-state index contributed by atoms with van der Waals surface area (Å²) in [7, 11) is 0. The quantitative estimate of drug-likeness (QED) is 0.818. The molecule has 0 aliphatic rings. The molecule has 108 valence electrons. The second-order valence-corrected chi connectivity index (χ2v) is 7.42. The van der Waals surface area contributed by atoms with E-state index in [1.165, 1.54) is 11.6 Å². The van der Waals surface area contributed by atoms with Crippen LogP contribution in [0.15, 0.2) is 22.7 Å². The summed E-state index contributed by atoms with van der Waals surface area (Å²) in [5.74, 6) is 0.319. The Morgan fingerprint density at radius 3 is 2.37 bits per heavy atom. The predicted octanol–water partition coefficient (Wildman–Crippen LogP) is 4.79. The first kappa shape index (κ1) is 16.6. The molecular formula is C16H25BrFN. The summed E-state index contributed by atoms with van der Waals surface area (Å²) in [5.41, 5.74) is 1.39. The zero-order chi connectivity index (χ0) is 14.6. The predicted molar refractivity (Wildman–Crippen MR) is 83.9 cm³/mol. The van der Waals surface area contributed by atoms with Gasteiger partial charge in [0, 0.05) is 10.5 Å². The maximum Gasteiger partial charge on any atom is 0.124 e. The van der Waals surface area contributed by atoms with Gasteiger partial charge in [0.15, 0.2) is 0 Å². The van der Waals surface area contributed by atoms with E-state index in [1.54, 1.807) is 6.07 Å². The van der Waals surface area contributed by atoms with Crippen LogP contribution in [0.1, 0.15) is 40.2 Å². The fourth-order valence-corrected chi connectivity index (χ4v) is 2.53. The van der Waals surface area contributed by atoms with Crippen LogP contribution >= 0.6 is 15.9 Å². The van der Waals surface area contributed by atoms with E-state index in [1.807, 2.05) is 6.07 Å². The third kappa shape index (κ3) is 5.62. The lowest BCUT2D eigenvalue weighted by molar-refractivity contribution is 0.226. The largest absolute Gasteiger partial charge is 0.314 e. The molecule has 0 aliphatic carbocycles. The van der Waals surface area contributed by atoms with Crippen molar-refractivity contribution in [3.05, 3.63) is 34.1 Å². The highest BCUT2D eigenvalue weighted by molar-refractivity contribution is 9.10. The van der Waals surface area contributed by atoms with Crippen molar-refractivity contribution in [2.75, 3.05) is 6.54 Å². The molecule has 1 nitrogen and oxygen atoms in total. The maximum absolute atomic E-state index is 13.1. The van der Waals surface area contributed by atoms with Crippen molar-refractivity contribution in [3.63, 3.8) is 0 Å². The van der Waals surface area contributed by atoms with E-state index in [0.29, 0.717) is 12.0 Å². The van der Waals surface area contributed by atoms with E-state index < -0.39 is 0 Å². The summed E-state index contributed by atoms with van der Waals surface area (Å²) in [6.07, 6.45) is 0.948. The summed E-state index contributed by atoms with van der Waals surface area (Å²) in [5, 5.41) is 3.51. The fourth-order valence-electron chi connectivity index (χ4n) is 2.02. The Kier molecular flexibility index (Phi) is 6.00. The van der Waals surface area contributed by atoms with E-state index in [-0.39, 0.29) is 11.2 Å². The minimum atomic E-state index is -0.191. The van der Waals surface area contributed by atoms with Gasteiger partial charge in [0.05, 0.1) is 0 Å². The van der Waals surface area contributed by atoms with Gasteiger partial charge in [-0.15, -0.1) is 0 Å². The molecule has 0 saturated carbocycles. The van der Waals surface area contributed by atoms with Crippen LogP contribution in [0.5, 0.6) is 0 Å². The third-order valence-corrected chi connectivity index (χ3v) is 4.22. The van der Waals surface area contributed by atoms with Gasteiger partial charge in [-0.1, -0.05) is 56.6 Å². The number of rotatable bonds is 5. The van der Waals surface area contributed by atoms with Crippen LogP contribution in [-0.4, -0.2) is 12.6 Å². The van der Waals surface area contributed by atoms with Crippen molar-refractivity contribution in [1.82, 2.24) is 5.32 Å². The first-order chi connectivity index (χ1) is 8.70. The molecule has 1 unspecified atom stereocenters. The van der Waals surface area contributed by atoms with Gasteiger partial charge in [-0.3, -0.25) is 0 Å². The monoisotopic (exact) mass is 329 g/mol.